The van der Waals surface area contributed by atoms with Gasteiger partial charge < -0.3 is 4.90 Å². The van der Waals surface area contributed by atoms with Crippen LogP contribution in [0.4, 0.5) is 11.4 Å². The van der Waals surface area contributed by atoms with Crippen LogP contribution >= 0.6 is 0 Å². The summed E-state index contributed by atoms with van der Waals surface area (Å²) < 4.78 is 0. The highest BCUT2D eigenvalue weighted by molar-refractivity contribution is 5.67. The van der Waals surface area contributed by atoms with E-state index in [-0.39, 0.29) is 0 Å². The van der Waals surface area contributed by atoms with Gasteiger partial charge in [-0.25, -0.2) is 0 Å². The zero-order chi connectivity index (χ0) is 11.3. The van der Waals surface area contributed by atoms with Gasteiger partial charge >= 0.3 is 5.69 Å². The monoisotopic (exact) mass is 204 g/mol. The van der Waals surface area contributed by atoms with Crippen molar-refractivity contribution in [3.63, 3.8) is 0 Å². The van der Waals surface area contributed by atoms with E-state index >= 15 is 0 Å². The molecule has 0 amide bonds. The molecule has 1 aromatic carbocycles. The zero-order valence-electron chi connectivity index (χ0n) is 9.70. The molecular weight excluding hydrogens is 186 g/mol. The minimum Gasteiger partial charge on any atom is -0.372 e. The van der Waals surface area contributed by atoms with E-state index in [9.17, 15) is 0 Å². The van der Waals surface area contributed by atoms with E-state index in [1.807, 2.05) is 12.1 Å². The van der Waals surface area contributed by atoms with Gasteiger partial charge in [0, 0.05) is 24.8 Å². The Labute approximate surface area is 91.3 Å². The summed E-state index contributed by atoms with van der Waals surface area (Å²) in [6.07, 6.45) is 0.881. The van der Waals surface area contributed by atoms with Crippen molar-refractivity contribution < 1.29 is 0 Å². The molecule has 0 aliphatic rings. The van der Waals surface area contributed by atoms with Crippen LogP contribution in [0.1, 0.15) is 26.3 Å². The highest BCUT2D eigenvalue weighted by atomic mass is 15.1. The van der Waals surface area contributed by atoms with Crippen LogP contribution < -0.4 is 4.90 Å². The summed E-state index contributed by atoms with van der Waals surface area (Å²) in [4.78, 5) is 5.60. The van der Waals surface area contributed by atoms with E-state index in [1.165, 1.54) is 5.69 Å². The largest absolute Gasteiger partial charge is 0.390 e. The molecule has 0 bridgehead atoms. The smallest absolute Gasteiger partial charge is 0.372 e. The second-order valence-electron chi connectivity index (χ2n) is 3.40. The van der Waals surface area contributed by atoms with Gasteiger partial charge in [0.2, 0.25) is 5.39 Å². The molecule has 15 heavy (non-hydrogen) atoms. The highest BCUT2D eigenvalue weighted by Crippen LogP contribution is 2.29. The lowest BCUT2D eigenvalue weighted by Gasteiger charge is -2.22. The van der Waals surface area contributed by atoms with Crippen molar-refractivity contribution in [3.8, 4) is 0 Å². The van der Waals surface area contributed by atoms with Gasteiger partial charge in [-0.3, -0.25) is 0 Å². The van der Waals surface area contributed by atoms with Crippen LogP contribution in [0.3, 0.4) is 0 Å². The molecule has 0 aliphatic heterocycles. The predicted octanol–water partition coefficient (Wildman–Crippen LogP) is 3.58. The van der Waals surface area contributed by atoms with Crippen molar-refractivity contribution in [2.24, 2.45) is 0 Å². The van der Waals surface area contributed by atoms with Crippen LogP contribution in [-0.2, 0) is 6.42 Å². The number of nitrogens with zero attached hydrogens (tertiary/aromatic N) is 3. The van der Waals surface area contributed by atoms with Crippen LogP contribution in [0, 0.1) is 5.39 Å². The second kappa shape index (κ2) is 5.35. The van der Waals surface area contributed by atoms with Crippen LogP contribution in [0.5, 0.6) is 0 Å². The zero-order valence-corrected chi connectivity index (χ0v) is 9.70. The standard InChI is InChI=1S/C12H18N3/c1-4-10-11(14-13)8-7-9-12(10)15(5-2)6-3/h7-9H,4-6H2,1-3H3/q+1. The Morgan fingerprint density at radius 3 is 2.33 bits per heavy atom. The third-order valence-corrected chi connectivity index (χ3v) is 2.69. The predicted molar refractivity (Wildman–Crippen MR) is 64.1 cm³/mol. The molecule has 0 aromatic heterocycles. The van der Waals surface area contributed by atoms with Gasteiger partial charge in [-0.2, -0.15) is 0 Å². The minimum absolute atomic E-state index is 0.682. The first-order valence-corrected chi connectivity index (χ1v) is 5.50. The molecule has 0 spiro atoms. The number of hydrogen-bond donors (Lipinski definition) is 0. The summed E-state index contributed by atoms with van der Waals surface area (Å²) in [7, 11) is 0. The van der Waals surface area contributed by atoms with E-state index in [4.69, 9.17) is 5.39 Å². The SMILES string of the molecule is CCc1c([N+]#N)cccc1N(CC)CC. The molecule has 0 N–H and O–H groups in total. The summed E-state index contributed by atoms with van der Waals surface area (Å²) in [5.74, 6) is 0. The summed E-state index contributed by atoms with van der Waals surface area (Å²) >= 11 is 0. The quantitative estimate of drug-likeness (QED) is 0.702. The number of diazo groups is 1. The Kier molecular flexibility index (Phi) is 4.11. The summed E-state index contributed by atoms with van der Waals surface area (Å²) in [6, 6.07) is 5.86. The molecule has 0 fully saturated rings. The van der Waals surface area contributed by atoms with Crippen molar-refractivity contribution >= 4 is 11.4 Å². The van der Waals surface area contributed by atoms with Crippen molar-refractivity contribution in [2.45, 2.75) is 27.2 Å². The molecular formula is C12H18N3+. The lowest BCUT2D eigenvalue weighted by atomic mass is 10.1. The van der Waals surface area contributed by atoms with E-state index < -0.39 is 0 Å². The average molecular weight is 204 g/mol. The summed E-state index contributed by atoms with van der Waals surface area (Å²) in [5.41, 5.74) is 2.98. The third kappa shape index (κ3) is 2.27. The van der Waals surface area contributed by atoms with Gasteiger partial charge in [-0.15, -0.1) is 0 Å². The minimum atomic E-state index is 0.682. The van der Waals surface area contributed by atoms with Crippen LogP contribution in [-0.4, -0.2) is 13.1 Å². The molecule has 1 rings (SSSR count). The molecule has 0 atom stereocenters. The Bertz CT molecular complexity index is 362. The van der Waals surface area contributed by atoms with Gasteiger partial charge in [0.1, 0.15) is 0 Å². The Balaban J connectivity index is 3.23. The van der Waals surface area contributed by atoms with Crippen molar-refractivity contribution in [2.75, 3.05) is 18.0 Å². The molecule has 0 saturated heterocycles. The van der Waals surface area contributed by atoms with Crippen LogP contribution in [0.15, 0.2) is 18.2 Å². The molecule has 3 heteroatoms. The molecule has 80 valence electrons. The van der Waals surface area contributed by atoms with Crippen molar-refractivity contribution in [3.05, 3.63) is 28.7 Å². The fourth-order valence-corrected chi connectivity index (χ4v) is 1.88. The Morgan fingerprint density at radius 1 is 1.20 bits per heavy atom. The number of hydrogen-bond acceptors (Lipinski definition) is 2. The van der Waals surface area contributed by atoms with Crippen molar-refractivity contribution in [1.29, 1.82) is 5.39 Å². The van der Waals surface area contributed by atoms with E-state index in [1.54, 1.807) is 0 Å². The van der Waals surface area contributed by atoms with Gasteiger partial charge in [0.15, 0.2) is 4.98 Å². The summed E-state index contributed by atoms with van der Waals surface area (Å²) in [6.45, 7) is 8.28. The second-order valence-corrected chi connectivity index (χ2v) is 3.40. The Hall–Kier alpha value is -1.56. The maximum atomic E-state index is 8.91. The molecule has 0 radical (unpaired) electrons. The average Bonchev–Trinajstić information content (AvgIpc) is 2.30. The fourth-order valence-electron chi connectivity index (χ4n) is 1.88. The summed E-state index contributed by atoms with van der Waals surface area (Å²) in [5, 5.41) is 8.91. The van der Waals surface area contributed by atoms with E-state index in [0.717, 1.165) is 25.1 Å². The number of rotatable bonds is 4. The van der Waals surface area contributed by atoms with Gasteiger partial charge in [0.25, 0.3) is 0 Å². The number of anilines is 1. The Morgan fingerprint density at radius 2 is 1.87 bits per heavy atom. The third-order valence-electron chi connectivity index (χ3n) is 2.69. The van der Waals surface area contributed by atoms with Gasteiger partial charge in [-0.1, -0.05) is 13.0 Å². The maximum Gasteiger partial charge on any atom is 0.390 e. The first-order valence-electron chi connectivity index (χ1n) is 5.50. The molecule has 0 aliphatic carbocycles. The normalized spacial score (nSPS) is 9.73. The van der Waals surface area contributed by atoms with Crippen LogP contribution in [0.25, 0.3) is 4.98 Å². The van der Waals surface area contributed by atoms with E-state index in [2.05, 4.69) is 36.7 Å². The number of benzene rings is 1. The van der Waals surface area contributed by atoms with Gasteiger partial charge in [0.05, 0.1) is 5.56 Å². The van der Waals surface area contributed by atoms with Gasteiger partial charge in [-0.05, 0) is 26.3 Å². The maximum absolute atomic E-state index is 8.91. The van der Waals surface area contributed by atoms with Crippen LogP contribution in [0.2, 0.25) is 0 Å². The molecule has 0 heterocycles. The molecule has 1 aromatic rings. The lowest BCUT2D eigenvalue weighted by molar-refractivity contribution is 0.857. The first-order chi connectivity index (χ1) is 7.28. The van der Waals surface area contributed by atoms with E-state index in [0.29, 0.717) is 5.69 Å². The first kappa shape index (κ1) is 11.5. The molecule has 3 nitrogen and oxygen atoms in total. The fraction of sp³-hybridized carbons (Fsp3) is 0.500. The highest BCUT2D eigenvalue weighted by Gasteiger charge is 2.18. The molecule has 0 unspecified atom stereocenters. The lowest BCUT2D eigenvalue weighted by Crippen LogP contribution is -2.22. The topological polar surface area (TPSA) is 31.4 Å². The molecule has 0 saturated carbocycles. The van der Waals surface area contributed by atoms with Crippen molar-refractivity contribution in [1.82, 2.24) is 0 Å².